The molecule has 0 spiro atoms. The van der Waals surface area contributed by atoms with Crippen LogP contribution in [0.3, 0.4) is 0 Å². The van der Waals surface area contributed by atoms with Gasteiger partial charge in [0.2, 0.25) is 0 Å². The topological polar surface area (TPSA) is 36.8 Å². The van der Waals surface area contributed by atoms with Crippen molar-refractivity contribution in [1.82, 2.24) is 0 Å². The SMILES string of the molecule is [CH2-][NH2+]c1ccc(CO)cc1. The summed E-state index contributed by atoms with van der Waals surface area (Å²) in [5.41, 5.74) is 2.02. The van der Waals surface area contributed by atoms with Crippen molar-refractivity contribution in [2.24, 2.45) is 0 Å². The Labute approximate surface area is 60.5 Å². The molecule has 0 bridgehead atoms. The smallest absolute Gasteiger partial charge is 0.103 e. The highest BCUT2D eigenvalue weighted by atomic mass is 16.3. The van der Waals surface area contributed by atoms with Crippen molar-refractivity contribution in [3.05, 3.63) is 36.9 Å². The van der Waals surface area contributed by atoms with Crippen LogP contribution >= 0.6 is 0 Å². The molecule has 54 valence electrons. The summed E-state index contributed by atoms with van der Waals surface area (Å²) in [4.78, 5) is 0. The number of hydrogen-bond donors (Lipinski definition) is 2. The third-order valence-electron chi connectivity index (χ3n) is 1.40. The normalized spacial score (nSPS) is 9.80. The Morgan fingerprint density at radius 1 is 1.30 bits per heavy atom. The second-order valence-electron chi connectivity index (χ2n) is 2.10. The predicted molar refractivity (Wildman–Crippen MR) is 39.3 cm³/mol. The summed E-state index contributed by atoms with van der Waals surface area (Å²) in [5.74, 6) is 0. The van der Waals surface area contributed by atoms with Crippen molar-refractivity contribution in [2.75, 3.05) is 0 Å². The molecule has 0 unspecified atom stereocenters. The van der Waals surface area contributed by atoms with Gasteiger partial charge in [0.15, 0.2) is 0 Å². The maximum Gasteiger partial charge on any atom is 0.103 e. The molecule has 0 heterocycles. The lowest BCUT2D eigenvalue weighted by atomic mass is 10.2. The van der Waals surface area contributed by atoms with E-state index in [1.54, 1.807) is 5.32 Å². The van der Waals surface area contributed by atoms with Crippen molar-refractivity contribution in [3.63, 3.8) is 0 Å². The molecule has 10 heavy (non-hydrogen) atoms. The average molecular weight is 137 g/mol. The van der Waals surface area contributed by atoms with Crippen LogP contribution in [0.25, 0.3) is 0 Å². The Bertz CT molecular complexity index is 170. The molecule has 0 saturated heterocycles. The number of rotatable bonds is 2. The molecule has 0 aliphatic heterocycles. The molecule has 0 aliphatic rings. The van der Waals surface area contributed by atoms with Gasteiger partial charge in [-0.3, -0.25) is 0 Å². The maximum absolute atomic E-state index is 8.68. The third kappa shape index (κ3) is 1.56. The van der Waals surface area contributed by atoms with Gasteiger partial charge >= 0.3 is 0 Å². The molecule has 1 aromatic rings. The van der Waals surface area contributed by atoms with E-state index in [2.05, 4.69) is 7.05 Å². The van der Waals surface area contributed by atoms with Crippen molar-refractivity contribution >= 4 is 5.69 Å². The molecule has 1 aromatic carbocycles. The van der Waals surface area contributed by atoms with Crippen LogP contribution in [0, 0.1) is 7.05 Å². The first-order valence-corrected chi connectivity index (χ1v) is 3.19. The van der Waals surface area contributed by atoms with Gasteiger partial charge in [0.05, 0.1) is 6.61 Å². The zero-order chi connectivity index (χ0) is 7.40. The van der Waals surface area contributed by atoms with E-state index in [1.807, 2.05) is 24.3 Å². The Kier molecular flexibility index (Phi) is 2.42. The van der Waals surface area contributed by atoms with Gasteiger partial charge in [-0.1, -0.05) is 12.1 Å². The minimum atomic E-state index is 0.109. The molecule has 0 amide bonds. The van der Waals surface area contributed by atoms with Crippen LogP contribution in [0.1, 0.15) is 5.56 Å². The first-order chi connectivity index (χ1) is 4.86. The number of aliphatic hydroxyl groups excluding tert-OH is 1. The molecule has 0 saturated carbocycles. The summed E-state index contributed by atoms with van der Waals surface area (Å²) >= 11 is 0. The summed E-state index contributed by atoms with van der Waals surface area (Å²) in [6, 6.07) is 7.63. The summed E-state index contributed by atoms with van der Waals surface area (Å²) < 4.78 is 0. The molecule has 0 aromatic heterocycles. The first-order valence-electron chi connectivity index (χ1n) is 3.19. The number of hydrogen-bond acceptors (Lipinski definition) is 1. The van der Waals surface area contributed by atoms with E-state index in [1.165, 1.54) is 0 Å². The summed E-state index contributed by atoms with van der Waals surface area (Å²) in [5, 5.41) is 10.5. The van der Waals surface area contributed by atoms with Crippen LogP contribution in [0.5, 0.6) is 0 Å². The number of aliphatic hydroxyl groups is 1. The molecule has 1 rings (SSSR count). The van der Waals surface area contributed by atoms with E-state index in [-0.39, 0.29) is 6.61 Å². The van der Waals surface area contributed by atoms with E-state index in [4.69, 9.17) is 5.11 Å². The first kappa shape index (κ1) is 7.25. The highest BCUT2D eigenvalue weighted by Gasteiger charge is 1.89. The molecule has 3 N–H and O–H groups in total. The predicted octanol–water partition coefficient (Wildman–Crippen LogP) is 0.165. The van der Waals surface area contributed by atoms with Crippen molar-refractivity contribution < 1.29 is 10.4 Å². The van der Waals surface area contributed by atoms with E-state index in [0.717, 1.165) is 11.3 Å². The molecule has 0 atom stereocenters. The standard InChI is InChI=1S/C8H11NO/c1-9-8-4-2-7(6-10)3-5-8/h2-5,10H,1,6,9H2. The number of nitrogens with two attached hydrogens (primary N) is 1. The van der Waals surface area contributed by atoms with Gasteiger partial charge < -0.3 is 10.4 Å². The van der Waals surface area contributed by atoms with Gasteiger partial charge in [0.1, 0.15) is 5.69 Å². The van der Waals surface area contributed by atoms with Gasteiger partial charge in [-0.2, -0.15) is 0 Å². The Morgan fingerprint density at radius 2 is 1.90 bits per heavy atom. The Morgan fingerprint density at radius 3 is 2.30 bits per heavy atom. The second kappa shape index (κ2) is 3.34. The molecule has 0 fully saturated rings. The van der Waals surface area contributed by atoms with Crippen LogP contribution in [0.15, 0.2) is 24.3 Å². The Balaban J connectivity index is 2.80. The van der Waals surface area contributed by atoms with Gasteiger partial charge in [-0.05, 0) is 17.7 Å². The lowest BCUT2D eigenvalue weighted by Gasteiger charge is -1.99. The van der Waals surface area contributed by atoms with Gasteiger partial charge in [-0.25, -0.2) is 0 Å². The fourth-order valence-electron chi connectivity index (χ4n) is 0.759. The zero-order valence-corrected chi connectivity index (χ0v) is 5.75. The molecule has 2 heteroatoms. The van der Waals surface area contributed by atoms with E-state index >= 15 is 0 Å². The zero-order valence-electron chi connectivity index (χ0n) is 5.75. The van der Waals surface area contributed by atoms with E-state index in [9.17, 15) is 0 Å². The second-order valence-corrected chi connectivity index (χ2v) is 2.10. The van der Waals surface area contributed by atoms with E-state index in [0.29, 0.717) is 0 Å². The molecule has 2 nitrogen and oxygen atoms in total. The lowest BCUT2D eigenvalue weighted by molar-refractivity contribution is -0.504. The van der Waals surface area contributed by atoms with Gasteiger partial charge in [-0.15, -0.1) is 7.05 Å². The third-order valence-corrected chi connectivity index (χ3v) is 1.40. The molecular formula is C8H11NO. The van der Waals surface area contributed by atoms with Crippen LogP contribution in [0.2, 0.25) is 0 Å². The fraction of sp³-hybridized carbons (Fsp3) is 0.125. The van der Waals surface area contributed by atoms with Crippen LogP contribution < -0.4 is 5.32 Å². The highest BCUT2D eigenvalue weighted by Crippen LogP contribution is 2.03. The largest absolute Gasteiger partial charge is 0.446 e. The average Bonchev–Trinajstić information content (AvgIpc) is 2.05. The quantitative estimate of drug-likeness (QED) is 0.442. The summed E-state index contributed by atoms with van der Waals surface area (Å²) in [7, 11) is 3.62. The van der Waals surface area contributed by atoms with Crippen molar-refractivity contribution in [2.45, 2.75) is 6.61 Å². The minimum absolute atomic E-state index is 0.109. The number of quaternary nitrogens is 1. The van der Waals surface area contributed by atoms with Crippen LogP contribution in [-0.4, -0.2) is 5.11 Å². The van der Waals surface area contributed by atoms with Crippen molar-refractivity contribution in [3.8, 4) is 0 Å². The van der Waals surface area contributed by atoms with Crippen molar-refractivity contribution in [1.29, 1.82) is 0 Å². The Hall–Kier alpha value is -0.860. The molecular weight excluding hydrogens is 126 g/mol. The maximum atomic E-state index is 8.68. The van der Waals surface area contributed by atoms with Crippen LogP contribution in [0.4, 0.5) is 5.69 Å². The van der Waals surface area contributed by atoms with E-state index < -0.39 is 0 Å². The number of benzene rings is 1. The highest BCUT2D eigenvalue weighted by molar-refractivity contribution is 5.31. The molecule has 0 radical (unpaired) electrons. The van der Waals surface area contributed by atoms with Gasteiger partial charge in [0.25, 0.3) is 0 Å². The fourth-order valence-corrected chi connectivity index (χ4v) is 0.759. The monoisotopic (exact) mass is 137 g/mol. The van der Waals surface area contributed by atoms with Gasteiger partial charge in [0, 0.05) is 0 Å². The summed E-state index contributed by atoms with van der Waals surface area (Å²) in [6.07, 6.45) is 0. The minimum Gasteiger partial charge on any atom is -0.446 e. The lowest BCUT2D eigenvalue weighted by Crippen LogP contribution is -2.69. The molecule has 0 aliphatic carbocycles. The van der Waals surface area contributed by atoms with Crippen LogP contribution in [-0.2, 0) is 6.61 Å². The summed E-state index contributed by atoms with van der Waals surface area (Å²) in [6.45, 7) is 0.109.